The standard InChI is InChI=1S/C20H32O5/c1-13-7-6-8-14(2)16(21)9-10-25-18(23)12-17(22)20(4,5)19(24)15(3)11-13/h8,13,15,17,22H,6-7,9-12H2,1-5H3/b14-8+. The Bertz CT molecular complexity index is 532. The summed E-state index contributed by atoms with van der Waals surface area (Å²) in [5.41, 5.74) is -0.331. The molecule has 1 heterocycles. The summed E-state index contributed by atoms with van der Waals surface area (Å²) in [7, 11) is 0. The van der Waals surface area contributed by atoms with E-state index < -0.39 is 17.5 Å². The van der Waals surface area contributed by atoms with Gasteiger partial charge in [0.2, 0.25) is 0 Å². The van der Waals surface area contributed by atoms with E-state index in [1.165, 1.54) is 0 Å². The van der Waals surface area contributed by atoms with Gasteiger partial charge in [0.25, 0.3) is 0 Å². The maximum Gasteiger partial charge on any atom is 0.308 e. The maximum atomic E-state index is 12.7. The Morgan fingerprint density at radius 1 is 1.20 bits per heavy atom. The molecule has 142 valence electrons. The molecule has 0 aliphatic carbocycles. The first-order valence-corrected chi connectivity index (χ1v) is 9.13. The van der Waals surface area contributed by atoms with E-state index in [2.05, 4.69) is 6.92 Å². The van der Waals surface area contributed by atoms with E-state index in [0.717, 1.165) is 19.3 Å². The van der Waals surface area contributed by atoms with Crippen LogP contribution in [0.2, 0.25) is 0 Å². The van der Waals surface area contributed by atoms with Gasteiger partial charge in [-0.25, -0.2) is 0 Å². The molecule has 0 saturated heterocycles. The minimum absolute atomic E-state index is 0.00323. The van der Waals surface area contributed by atoms with Crippen molar-refractivity contribution in [3.05, 3.63) is 11.6 Å². The number of cyclic esters (lactones) is 1. The maximum absolute atomic E-state index is 12.7. The van der Waals surface area contributed by atoms with Crippen molar-refractivity contribution in [3.8, 4) is 0 Å². The Morgan fingerprint density at radius 2 is 1.84 bits per heavy atom. The van der Waals surface area contributed by atoms with E-state index in [1.807, 2.05) is 13.0 Å². The van der Waals surface area contributed by atoms with Crippen molar-refractivity contribution in [2.45, 2.75) is 72.8 Å². The quantitative estimate of drug-likeness (QED) is 0.677. The lowest BCUT2D eigenvalue weighted by molar-refractivity contribution is -0.150. The van der Waals surface area contributed by atoms with Crippen molar-refractivity contribution in [2.24, 2.45) is 17.3 Å². The van der Waals surface area contributed by atoms with Crippen molar-refractivity contribution in [1.29, 1.82) is 0 Å². The fourth-order valence-corrected chi connectivity index (χ4v) is 3.25. The monoisotopic (exact) mass is 352 g/mol. The smallest absolute Gasteiger partial charge is 0.308 e. The lowest BCUT2D eigenvalue weighted by Crippen LogP contribution is -2.42. The number of hydrogen-bond acceptors (Lipinski definition) is 5. The second-order valence-corrected chi connectivity index (χ2v) is 7.91. The van der Waals surface area contributed by atoms with E-state index in [0.29, 0.717) is 11.5 Å². The first-order valence-electron chi connectivity index (χ1n) is 9.13. The molecule has 1 aliphatic heterocycles. The number of hydrogen-bond donors (Lipinski definition) is 1. The van der Waals surface area contributed by atoms with Crippen molar-refractivity contribution >= 4 is 17.5 Å². The summed E-state index contributed by atoms with van der Waals surface area (Å²) >= 11 is 0. The van der Waals surface area contributed by atoms with Gasteiger partial charge in [-0.05, 0) is 37.7 Å². The van der Waals surface area contributed by atoms with Crippen LogP contribution in [0.3, 0.4) is 0 Å². The third-order valence-electron chi connectivity index (χ3n) is 5.17. The fourth-order valence-electron chi connectivity index (χ4n) is 3.25. The molecule has 0 aromatic heterocycles. The molecule has 0 saturated carbocycles. The summed E-state index contributed by atoms with van der Waals surface area (Å²) in [6, 6.07) is 0. The molecule has 0 radical (unpaired) electrons. The van der Waals surface area contributed by atoms with Crippen molar-refractivity contribution in [3.63, 3.8) is 0 Å². The number of allylic oxidation sites excluding steroid dienone is 2. The number of esters is 1. The van der Waals surface area contributed by atoms with Gasteiger partial charge in [0.1, 0.15) is 5.78 Å². The Kier molecular flexibility index (Phi) is 8.00. The van der Waals surface area contributed by atoms with E-state index in [-0.39, 0.29) is 36.9 Å². The first kappa shape index (κ1) is 21.6. The van der Waals surface area contributed by atoms with Crippen LogP contribution in [0.1, 0.15) is 66.7 Å². The number of carbonyl (C=O) groups is 3. The van der Waals surface area contributed by atoms with Crippen LogP contribution in [0.4, 0.5) is 0 Å². The van der Waals surface area contributed by atoms with Gasteiger partial charge in [-0.15, -0.1) is 0 Å². The van der Waals surface area contributed by atoms with Crippen LogP contribution in [0.25, 0.3) is 0 Å². The third-order valence-corrected chi connectivity index (χ3v) is 5.17. The largest absolute Gasteiger partial charge is 0.465 e. The Balaban J connectivity index is 2.94. The molecular weight excluding hydrogens is 320 g/mol. The normalized spacial score (nSPS) is 32.6. The fraction of sp³-hybridized carbons (Fsp3) is 0.750. The van der Waals surface area contributed by atoms with Gasteiger partial charge in [-0.3, -0.25) is 14.4 Å². The number of aliphatic hydroxyl groups excluding tert-OH is 1. The molecule has 1 aliphatic rings. The second-order valence-electron chi connectivity index (χ2n) is 7.91. The number of carbonyl (C=O) groups excluding carboxylic acids is 3. The number of ketones is 2. The molecule has 3 unspecified atom stereocenters. The summed E-state index contributed by atoms with van der Waals surface area (Å²) in [5.74, 6) is -0.513. The molecule has 0 aromatic rings. The molecule has 3 atom stereocenters. The number of rotatable bonds is 0. The molecule has 5 heteroatoms. The predicted octanol–water partition coefficient (Wildman–Crippen LogP) is 3.24. The van der Waals surface area contributed by atoms with Crippen LogP contribution in [0.5, 0.6) is 0 Å². The molecule has 0 aromatic carbocycles. The highest BCUT2D eigenvalue weighted by Gasteiger charge is 2.39. The molecular formula is C20H32O5. The van der Waals surface area contributed by atoms with Crippen LogP contribution in [-0.2, 0) is 19.1 Å². The van der Waals surface area contributed by atoms with Gasteiger partial charge in [0, 0.05) is 12.3 Å². The third kappa shape index (κ3) is 6.38. The molecule has 1 N–H and O–H groups in total. The zero-order valence-corrected chi connectivity index (χ0v) is 16.1. The molecule has 0 amide bonds. The minimum Gasteiger partial charge on any atom is -0.465 e. The molecule has 1 rings (SSSR count). The molecule has 5 nitrogen and oxygen atoms in total. The number of ether oxygens (including phenoxy) is 1. The number of Topliss-reactive ketones (excluding diaryl/α,β-unsaturated/α-hetero) is 2. The molecule has 25 heavy (non-hydrogen) atoms. The molecule has 0 fully saturated rings. The van der Waals surface area contributed by atoms with E-state index in [9.17, 15) is 19.5 Å². The highest BCUT2D eigenvalue weighted by molar-refractivity contribution is 5.94. The zero-order valence-electron chi connectivity index (χ0n) is 16.1. The van der Waals surface area contributed by atoms with Gasteiger partial charge in [0.05, 0.1) is 24.5 Å². The topological polar surface area (TPSA) is 80.7 Å². The van der Waals surface area contributed by atoms with Crippen LogP contribution < -0.4 is 0 Å². The van der Waals surface area contributed by atoms with Crippen molar-refractivity contribution in [2.75, 3.05) is 6.61 Å². The van der Waals surface area contributed by atoms with Crippen LogP contribution in [0.15, 0.2) is 11.6 Å². The highest BCUT2D eigenvalue weighted by Crippen LogP contribution is 2.31. The minimum atomic E-state index is -1.10. The molecule has 0 spiro atoms. The van der Waals surface area contributed by atoms with Crippen molar-refractivity contribution < 1.29 is 24.2 Å². The Labute approximate surface area is 150 Å². The summed E-state index contributed by atoms with van der Waals surface area (Å²) in [4.78, 5) is 36.6. The van der Waals surface area contributed by atoms with Gasteiger partial charge >= 0.3 is 5.97 Å². The zero-order chi connectivity index (χ0) is 19.2. The second kappa shape index (κ2) is 9.27. The van der Waals surface area contributed by atoms with E-state index in [1.54, 1.807) is 20.8 Å². The highest BCUT2D eigenvalue weighted by atomic mass is 16.5. The average molecular weight is 352 g/mol. The summed E-state index contributed by atoms with van der Waals surface area (Å²) in [6.45, 7) is 9.09. The lowest BCUT2D eigenvalue weighted by Gasteiger charge is -2.32. The van der Waals surface area contributed by atoms with Crippen LogP contribution >= 0.6 is 0 Å². The predicted molar refractivity (Wildman–Crippen MR) is 95.9 cm³/mol. The SMILES string of the molecule is C/C1=C\CCC(C)CC(C)C(=O)C(C)(C)C(O)CC(=O)OCCC1=O. The van der Waals surface area contributed by atoms with Crippen LogP contribution in [-0.4, -0.2) is 35.4 Å². The van der Waals surface area contributed by atoms with Crippen molar-refractivity contribution in [1.82, 2.24) is 0 Å². The summed E-state index contributed by atoms with van der Waals surface area (Å²) < 4.78 is 5.05. The summed E-state index contributed by atoms with van der Waals surface area (Å²) in [6.07, 6.45) is 3.12. The van der Waals surface area contributed by atoms with Gasteiger partial charge in [0.15, 0.2) is 5.78 Å². The van der Waals surface area contributed by atoms with E-state index >= 15 is 0 Å². The van der Waals surface area contributed by atoms with Gasteiger partial charge in [-0.1, -0.05) is 33.8 Å². The Hall–Kier alpha value is -1.49. The molecule has 0 bridgehead atoms. The van der Waals surface area contributed by atoms with E-state index in [4.69, 9.17) is 4.74 Å². The lowest BCUT2D eigenvalue weighted by atomic mass is 9.74. The van der Waals surface area contributed by atoms with Crippen LogP contribution in [0, 0.1) is 17.3 Å². The number of aliphatic hydroxyl groups is 1. The van der Waals surface area contributed by atoms with Gasteiger partial charge < -0.3 is 9.84 Å². The average Bonchev–Trinajstić information content (AvgIpc) is 2.52. The van der Waals surface area contributed by atoms with Gasteiger partial charge in [-0.2, -0.15) is 0 Å². The summed E-state index contributed by atoms with van der Waals surface area (Å²) in [5, 5.41) is 10.4. The first-order chi connectivity index (χ1) is 11.6. The Morgan fingerprint density at radius 3 is 2.48 bits per heavy atom.